The number of phenols is 1. The number of carboxylic acid groups (broad SMARTS) is 1. The highest BCUT2D eigenvalue weighted by molar-refractivity contribution is 5.95. The number of rotatable bonds is 26. The molecule has 0 amide bonds. The van der Waals surface area contributed by atoms with Crippen molar-refractivity contribution < 1.29 is 29.5 Å². The number of unbranched alkanes of at least 4 members (excludes halogenated alkanes) is 14. The number of hydrogen-bond donors (Lipinski definition) is 2. The first-order valence-electron chi connectivity index (χ1n) is 16.1. The zero-order chi connectivity index (χ0) is 28.7. The number of ether oxygens (including phenoxy) is 1. The third-order valence-corrected chi connectivity index (χ3v) is 7.34. The van der Waals surface area contributed by atoms with E-state index in [9.17, 15) is 15.0 Å². The Morgan fingerprint density at radius 2 is 1.05 bits per heavy atom. The van der Waals surface area contributed by atoms with Crippen LogP contribution in [0.5, 0.6) is 17.2 Å². The van der Waals surface area contributed by atoms with Crippen molar-refractivity contribution in [1.29, 1.82) is 0 Å². The molecule has 0 aromatic heterocycles. The van der Waals surface area contributed by atoms with Gasteiger partial charge in [-0.15, -0.1) is 0 Å². The van der Waals surface area contributed by atoms with Crippen LogP contribution in [-0.2, 0) is 17.7 Å². The smallest absolute Gasteiger partial charge is 0.339 e. The van der Waals surface area contributed by atoms with Crippen molar-refractivity contribution in [3.8, 4) is 17.2 Å². The molecule has 0 aliphatic carbocycles. The summed E-state index contributed by atoms with van der Waals surface area (Å²) in [6.45, 7) is 9.61. The molecule has 1 rings (SSSR count). The Kier molecular flexibility index (Phi) is 20.5. The van der Waals surface area contributed by atoms with Crippen LogP contribution in [0.1, 0.15) is 165 Å². The van der Waals surface area contributed by atoms with Gasteiger partial charge in [-0.05, 0) is 44.1 Å². The number of carboxylic acids is 1. The number of aromatic carboxylic acids is 1. The molecule has 226 valence electrons. The van der Waals surface area contributed by atoms with E-state index in [1.54, 1.807) is 0 Å². The molecule has 0 spiro atoms. The summed E-state index contributed by atoms with van der Waals surface area (Å²) in [6, 6.07) is 0. The Balaban J connectivity index is 3.33. The molecule has 0 radical (unpaired) electrons. The van der Waals surface area contributed by atoms with Crippen molar-refractivity contribution in [3.63, 3.8) is 0 Å². The molecule has 0 aliphatic heterocycles. The normalized spacial score (nSPS) is 11.2. The fraction of sp³-hybridized carbons (Fsp3) is 0.788. The molecule has 0 aliphatic rings. The summed E-state index contributed by atoms with van der Waals surface area (Å²) in [4.78, 5) is 23.7. The highest BCUT2D eigenvalue weighted by atomic mass is 17.2. The third-order valence-electron chi connectivity index (χ3n) is 7.34. The fourth-order valence-corrected chi connectivity index (χ4v) is 4.99. The average molecular weight is 551 g/mol. The van der Waals surface area contributed by atoms with Gasteiger partial charge in [0.2, 0.25) is 5.75 Å². The fourth-order valence-electron chi connectivity index (χ4n) is 4.99. The lowest BCUT2D eigenvalue weighted by Gasteiger charge is -2.22. The summed E-state index contributed by atoms with van der Waals surface area (Å²) in [5.74, 6) is -1.01. The molecular weight excluding hydrogens is 492 g/mol. The SMILES string of the molecule is CCCCCCCOOc1c(O)c(C(=O)O)c(CCCCCC)c(CCCCCC)c1OCCCCCCC. The predicted molar refractivity (Wildman–Crippen MR) is 160 cm³/mol. The molecule has 39 heavy (non-hydrogen) atoms. The molecule has 1 aromatic rings. The van der Waals surface area contributed by atoms with Gasteiger partial charge in [0.05, 0.1) is 13.2 Å². The first-order chi connectivity index (χ1) is 19.0. The molecule has 1 aromatic carbocycles. The van der Waals surface area contributed by atoms with E-state index in [-0.39, 0.29) is 17.1 Å². The van der Waals surface area contributed by atoms with E-state index in [2.05, 4.69) is 27.7 Å². The van der Waals surface area contributed by atoms with Crippen molar-refractivity contribution >= 4 is 5.97 Å². The van der Waals surface area contributed by atoms with Gasteiger partial charge in [-0.25, -0.2) is 4.79 Å². The molecule has 0 heterocycles. The molecule has 6 heteroatoms. The minimum absolute atomic E-state index is 0.0253. The highest BCUT2D eigenvalue weighted by Crippen LogP contribution is 2.46. The lowest BCUT2D eigenvalue weighted by atomic mass is 9.90. The minimum Gasteiger partial charge on any atom is -0.503 e. The second kappa shape index (κ2) is 22.8. The second-order valence-corrected chi connectivity index (χ2v) is 10.8. The van der Waals surface area contributed by atoms with E-state index >= 15 is 0 Å². The highest BCUT2D eigenvalue weighted by Gasteiger charge is 2.30. The standard InChI is InChI=1S/C33H58O6/c1-5-9-13-17-21-25-37-31-28(24-20-16-12-8-4)27(23-19-15-11-7-3)29(33(35)36)30(34)32(31)39-38-26-22-18-14-10-6-2/h34H,5-26H2,1-4H3,(H,35,36). The Bertz CT molecular complexity index is 776. The van der Waals surface area contributed by atoms with Crippen molar-refractivity contribution in [1.82, 2.24) is 0 Å². The van der Waals surface area contributed by atoms with Gasteiger partial charge >= 0.3 is 5.97 Å². The van der Waals surface area contributed by atoms with Crippen molar-refractivity contribution in [2.45, 2.75) is 156 Å². The van der Waals surface area contributed by atoms with E-state index in [0.717, 1.165) is 89.0 Å². The van der Waals surface area contributed by atoms with Crippen LogP contribution in [0.2, 0.25) is 0 Å². The topological polar surface area (TPSA) is 85.2 Å². The van der Waals surface area contributed by atoms with E-state index in [4.69, 9.17) is 14.5 Å². The predicted octanol–water partition coefficient (Wildman–Crippen LogP) is 9.97. The molecule has 0 bridgehead atoms. The van der Waals surface area contributed by atoms with Gasteiger partial charge in [0, 0.05) is 5.56 Å². The third kappa shape index (κ3) is 13.8. The van der Waals surface area contributed by atoms with E-state index in [1.807, 2.05) is 0 Å². The van der Waals surface area contributed by atoms with Crippen LogP contribution < -0.4 is 9.62 Å². The Labute approximate surface area is 238 Å². The molecule has 6 nitrogen and oxygen atoms in total. The molecule has 0 saturated carbocycles. The lowest BCUT2D eigenvalue weighted by Crippen LogP contribution is -2.13. The maximum absolute atomic E-state index is 12.5. The Hall–Kier alpha value is -1.95. The average Bonchev–Trinajstić information content (AvgIpc) is 2.92. The molecule has 0 fully saturated rings. The van der Waals surface area contributed by atoms with E-state index in [1.165, 1.54) is 32.1 Å². The van der Waals surface area contributed by atoms with Crippen molar-refractivity contribution in [2.24, 2.45) is 0 Å². The van der Waals surface area contributed by atoms with Gasteiger partial charge in [0.25, 0.3) is 0 Å². The number of aromatic hydroxyl groups is 1. The maximum Gasteiger partial charge on any atom is 0.339 e. The zero-order valence-corrected chi connectivity index (χ0v) is 25.6. The first kappa shape index (κ1) is 35.1. The molecule has 0 saturated heterocycles. The van der Waals surface area contributed by atoms with Gasteiger partial charge in [0.15, 0.2) is 11.5 Å². The minimum atomic E-state index is -1.14. The van der Waals surface area contributed by atoms with Gasteiger partial charge in [-0.3, -0.25) is 0 Å². The first-order valence-corrected chi connectivity index (χ1v) is 16.1. The molecule has 0 unspecified atom stereocenters. The van der Waals surface area contributed by atoms with Gasteiger partial charge < -0.3 is 19.8 Å². The summed E-state index contributed by atoms with van der Waals surface area (Å²) in [5.41, 5.74) is 1.50. The van der Waals surface area contributed by atoms with Gasteiger partial charge in [0.1, 0.15) is 5.56 Å². The monoisotopic (exact) mass is 550 g/mol. The van der Waals surface area contributed by atoms with E-state index < -0.39 is 5.97 Å². The Morgan fingerprint density at radius 1 is 0.590 bits per heavy atom. The van der Waals surface area contributed by atoms with Gasteiger partial charge in [-0.2, -0.15) is 4.89 Å². The van der Waals surface area contributed by atoms with Crippen LogP contribution in [-0.4, -0.2) is 29.4 Å². The summed E-state index contributed by atoms with van der Waals surface area (Å²) >= 11 is 0. The summed E-state index contributed by atoms with van der Waals surface area (Å²) < 4.78 is 6.34. The molecular formula is C33H58O6. The molecule has 0 atom stereocenters. The number of carbonyl (C=O) groups is 1. The van der Waals surface area contributed by atoms with Crippen LogP contribution in [0.3, 0.4) is 0 Å². The van der Waals surface area contributed by atoms with Crippen LogP contribution in [0.25, 0.3) is 0 Å². The maximum atomic E-state index is 12.5. The van der Waals surface area contributed by atoms with Crippen LogP contribution in [0.4, 0.5) is 0 Å². The van der Waals surface area contributed by atoms with Gasteiger partial charge in [-0.1, -0.05) is 118 Å². The van der Waals surface area contributed by atoms with Crippen LogP contribution >= 0.6 is 0 Å². The number of hydrogen-bond acceptors (Lipinski definition) is 5. The van der Waals surface area contributed by atoms with Crippen LogP contribution in [0.15, 0.2) is 0 Å². The summed E-state index contributed by atoms with van der Waals surface area (Å²) in [7, 11) is 0. The number of benzene rings is 1. The second-order valence-electron chi connectivity index (χ2n) is 10.8. The zero-order valence-electron chi connectivity index (χ0n) is 25.6. The lowest BCUT2D eigenvalue weighted by molar-refractivity contribution is -0.209. The van der Waals surface area contributed by atoms with Crippen LogP contribution in [0, 0.1) is 0 Å². The van der Waals surface area contributed by atoms with E-state index in [0.29, 0.717) is 37.4 Å². The van der Waals surface area contributed by atoms with Crippen molar-refractivity contribution in [2.75, 3.05) is 13.2 Å². The quantitative estimate of drug-likeness (QED) is 0.0678. The summed E-state index contributed by atoms with van der Waals surface area (Å²) in [6.07, 6.45) is 20.6. The van der Waals surface area contributed by atoms with Crippen molar-refractivity contribution in [3.05, 3.63) is 16.7 Å². The molecule has 2 N–H and O–H groups in total. The Morgan fingerprint density at radius 3 is 1.56 bits per heavy atom. The largest absolute Gasteiger partial charge is 0.503 e. The summed E-state index contributed by atoms with van der Waals surface area (Å²) in [5, 5.41) is 21.4.